The lowest BCUT2D eigenvalue weighted by Gasteiger charge is -2.17. The number of nitrogens with zero attached hydrogens (tertiary/aromatic N) is 1. The Hall–Kier alpha value is -2.09. The molecule has 84 valence electrons. The number of aliphatic imine (C=N–C) groups is 1. The summed E-state index contributed by atoms with van der Waals surface area (Å²) in [6.45, 7) is 2.63. The topological polar surface area (TPSA) is 21.6 Å². The minimum Gasteiger partial charge on any atom is -0.485 e. The zero-order valence-corrected chi connectivity index (χ0v) is 9.68. The Morgan fingerprint density at radius 1 is 1.06 bits per heavy atom. The molecule has 0 bridgehead atoms. The molecular weight excluding hydrogens is 210 g/mol. The number of benzene rings is 2. The van der Waals surface area contributed by atoms with Gasteiger partial charge in [0.15, 0.2) is 0 Å². The van der Waals surface area contributed by atoms with Crippen molar-refractivity contribution >= 4 is 11.4 Å². The van der Waals surface area contributed by atoms with Gasteiger partial charge in [-0.25, -0.2) is 4.99 Å². The number of ether oxygens (including phenoxy) is 1. The molecule has 1 heterocycles. The van der Waals surface area contributed by atoms with E-state index in [0.717, 1.165) is 22.7 Å². The van der Waals surface area contributed by atoms with Gasteiger partial charge in [-0.05, 0) is 24.6 Å². The van der Waals surface area contributed by atoms with Crippen LogP contribution in [-0.4, -0.2) is 12.3 Å². The number of hydrogen-bond acceptors (Lipinski definition) is 2. The molecule has 17 heavy (non-hydrogen) atoms. The Morgan fingerprint density at radius 3 is 2.82 bits per heavy atom. The molecule has 3 rings (SSSR count). The van der Waals surface area contributed by atoms with Crippen molar-refractivity contribution in [3.8, 4) is 5.75 Å². The highest BCUT2D eigenvalue weighted by Gasteiger charge is 2.13. The largest absolute Gasteiger partial charge is 0.485 e. The van der Waals surface area contributed by atoms with Crippen molar-refractivity contribution in [2.24, 2.45) is 4.99 Å². The summed E-state index contributed by atoms with van der Waals surface area (Å²) in [7, 11) is 0. The molecular formula is C15H13NO. The van der Waals surface area contributed by atoms with E-state index in [-0.39, 0.29) is 0 Å². The first-order valence-corrected chi connectivity index (χ1v) is 5.69. The van der Waals surface area contributed by atoms with E-state index in [1.54, 1.807) is 0 Å². The Balaban J connectivity index is 2.04. The maximum absolute atomic E-state index is 5.70. The minimum atomic E-state index is 0.542. The van der Waals surface area contributed by atoms with Crippen molar-refractivity contribution < 1.29 is 4.74 Å². The molecule has 0 spiro atoms. The molecule has 0 aromatic heterocycles. The van der Waals surface area contributed by atoms with Crippen molar-refractivity contribution in [2.45, 2.75) is 6.92 Å². The lowest BCUT2D eigenvalue weighted by Crippen LogP contribution is -2.16. The molecule has 1 aliphatic rings. The van der Waals surface area contributed by atoms with Gasteiger partial charge in [-0.15, -0.1) is 0 Å². The summed E-state index contributed by atoms with van der Waals surface area (Å²) in [4.78, 5) is 4.65. The van der Waals surface area contributed by atoms with Crippen LogP contribution in [-0.2, 0) is 0 Å². The second-order valence-electron chi connectivity index (χ2n) is 4.18. The van der Waals surface area contributed by atoms with Gasteiger partial charge in [0.05, 0.1) is 5.71 Å². The van der Waals surface area contributed by atoms with Crippen LogP contribution in [0.2, 0.25) is 0 Å². The average molecular weight is 223 g/mol. The molecule has 0 unspecified atom stereocenters. The molecule has 0 amide bonds. The predicted octanol–water partition coefficient (Wildman–Crippen LogP) is 3.51. The molecule has 0 N–H and O–H groups in total. The molecule has 0 aliphatic carbocycles. The van der Waals surface area contributed by atoms with Crippen LogP contribution < -0.4 is 4.74 Å². The summed E-state index contributed by atoms with van der Waals surface area (Å²) in [6, 6.07) is 16.2. The van der Waals surface area contributed by atoms with E-state index in [4.69, 9.17) is 4.74 Å². The fourth-order valence-electron chi connectivity index (χ4n) is 1.97. The average Bonchev–Trinajstić information content (AvgIpc) is 2.38. The maximum Gasteiger partial charge on any atom is 0.145 e. The molecule has 1 aliphatic heterocycles. The molecule has 0 radical (unpaired) electrons. The standard InChI is InChI=1S/C15H13NO/c1-11-5-4-6-12(9-11)14-10-17-15-8-3-2-7-13(15)16-14/h2-9H,10H2,1H3. The Labute approximate surface area is 101 Å². The lowest BCUT2D eigenvalue weighted by atomic mass is 10.1. The van der Waals surface area contributed by atoms with Gasteiger partial charge in [-0.2, -0.15) is 0 Å². The van der Waals surface area contributed by atoms with Gasteiger partial charge >= 0.3 is 0 Å². The van der Waals surface area contributed by atoms with Gasteiger partial charge in [-0.3, -0.25) is 0 Å². The third kappa shape index (κ3) is 1.94. The van der Waals surface area contributed by atoms with E-state index in [9.17, 15) is 0 Å². The molecule has 2 nitrogen and oxygen atoms in total. The first kappa shape index (κ1) is 10.1. The normalized spacial score (nSPS) is 13.6. The fraction of sp³-hybridized carbons (Fsp3) is 0.133. The summed E-state index contributed by atoms with van der Waals surface area (Å²) in [5, 5.41) is 0. The lowest BCUT2D eigenvalue weighted by molar-refractivity contribution is 0.373. The highest BCUT2D eigenvalue weighted by atomic mass is 16.5. The van der Waals surface area contributed by atoms with Crippen molar-refractivity contribution in [1.82, 2.24) is 0 Å². The maximum atomic E-state index is 5.70. The SMILES string of the molecule is Cc1cccc(C2=Nc3ccccc3OC2)c1. The Kier molecular flexibility index (Phi) is 2.41. The molecule has 0 saturated carbocycles. The van der Waals surface area contributed by atoms with Gasteiger partial charge in [0, 0.05) is 0 Å². The first-order valence-electron chi connectivity index (χ1n) is 5.69. The van der Waals surface area contributed by atoms with Crippen LogP contribution >= 0.6 is 0 Å². The molecule has 2 aromatic rings. The second-order valence-corrected chi connectivity index (χ2v) is 4.18. The van der Waals surface area contributed by atoms with E-state index in [2.05, 4.69) is 30.1 Å². The van der Waals surface area contributed by atoms with Gasteiger partial charge in [0.1, 0.15) is 18.0 Å². The van der Waals surface area contributed by atoms with Crippen molar-refractivity contribution in [1.29, 1.82) is 0 Å². The summed E-state index contributed by atoms with van der Waals surface area (Å²) in [5.74, 6) is 0.865. The van der Waals surface area contributed by atoms with Gasteiger partial charge in [0.2, 0.25) is 0 Å². The van der Waals surface area contributed by atoms with Crippen LogP contribution in [0, 0.1) is 6.92 Å². The van der Waals surface area contributed by atoms with Crippen LogP contribution in [0.3, 0.4) is 0 Å². The van der Waals surface area contributed by atoms with Crippen LogP contribution in [0.15, 0.2) is 53.5 Å². The van der Waals surface area contributed by atoms with Crippen molar-refractivity contribution in [2.75, 3.05) is 6.61 Å². The molecule has 0 fully saturated rings. The van der Waals surface area contributed by atoms with E-state index in [0.29, 0.717) is 6.61 Å². The van der Waals surface area contributed by atoms with E-state index in [1.165, 1.54) is 5.56 Å². The van der Waals surface area contributed by atoms with Crippen molar-refractivity contribution in [3.63, 3.8) is 0 Å². The van der Waals surface area contributed by atoms with Crippen LogP contribution in [0.25, 0.3) is 0 Å². The summed E-state index contributed by atoms with van der Waals surface area (Å²) < 4.78 is 5.70. The number of para-hydroxylation sites is 2. The van der Waals surface area contributed by atoms with E-state index < -0.39 is 0 Å². The minimum absolute atomic E-state index is 0.542. The third-order valence-electron chi connectivity index (χ3n) is 2.84. The highest BCUT2D eigenvalue weighted by Crippen LogP contribution is 2.30. The van der Waals surface area contributed by atoms with Crippen LogP contribution in [0.1, 0.15) is 11.1 Å². The third-order valence-corrected chi connectivity index (χ3v) is 2.84. The van der Waals surface area contributed by atoms with Crippen LogP contribution in [0.4, 0.5) is 5.69 Å². The zero-order valence-electron chi connectivity index (χ0n) is 9.68. The number of hydrogen-bond donors (Lipinski definition) is 0. The zero-order chi connectivity index (χ0) is 11.7. The second kappa shape index (κ2) is 4.06. The smallest absolute Gasteiger partial charge is 0.145 e. The first-order chi connectivity index (χ1) is 8.33. The molecule has 2 heteroatoms. The Morgan fingerprint density at radius 2 is 1.94 bits per heavy atom. The van der Waals surface area contributed by atoms with Gasteiger partial charge < -0.3 is 4.74 Å². The van der Waals surface area contributed by atoms with Gasteiger partial charge in [-0.1, -0.05) is 42.0 Å². The van der Waals surface area contributed by atoms with E-state index in [1.807, 2.05) is 30.3 Å². The molecule has 0 atom stereocenters. The quantitative estimate of drug-likeness (QED) is 0.725. The van der Waals surface area contributed by atoms with Crippen LogP contribution in [0.5, 0.6) is 5.75 Å². The summed E-state index contributed by atoms with van der Waals surface area (Å²) in [5.41, 5.74) is 4.28. The Bertz CT molecular complexity index is 587. The monoisotopic (exact) mass is 223 g/mol. The predicted molar refractivity (Wildman–Crippen MR) is 69.3 cm³/mol. The van der Waals surface area contributed by atoms with E-state index >= 15 is 0 Å². The van der Waals surface area contributed by atoms with Gasteiger partial charge in [0.25, 0.3) is 0 Å². The summed E-state index contributed by atoms with van der Waals surface area (Å²) >= 11 is 0. The number of aryl methyl sites for hydroxylation is 1. The molecule has 2 aromatic carbocycles. The fourth-order valence-corrected chi connectivity index (χ4v) is 1.97. The summed E-state index contributed by atoms with van der Waals surface area (Å²) in [6.07, 6.45) is 0. The highest BCUT2D eigenvalue weighted by molar-refractivity contribution is 6.04. The number of rotatable bonds is 1. The molecule has 0 saturated heterocycles. The van der Waals surface area contributed by atoms with Crippen molar-refractivity contribution in [3.05, 3.63) is 59.7 Å². The number of fused-ring (bicyclic) bond motifs is 1.